The largest absolute Gasteiger partial charge is 0.469 e. The van der Waals surface area contributed by atoms with Crippen LogP contribution in [0.2, 0.25) is 0 Å². The minimum atomic E-state index is -0.675. The minimum Gasteiger partial charge on any atom is -0.469 e. The van der Waals surface area contributed by atoms with Gasteiger partial charge in [-0.2, -0.15) is 0 Å². The molecule has 1 aliphatic carbocycles. The first-order valence-electron chi connectivity index (χ1n) is 9.71. The standard InChI is InChI=1S/C21H32O6/c1-4-5-6-10-17-18(20(24)14-19(17)23)11-8-7-9-16(27-15(2)22)12-13-21(25)26-3/h5-6,16,20,24H,4,7-14H2,1-3H3. The predicted molar refractivity (Wildman–Crippen MR) is 102 cm³/mol. The third-order valence-corrected chi connectivity index (χ3v) is 4.68. The number of unbranched alkanes of at least 4 members (excludes halogenated alkanes) is 1. The van der Waals surface area contributed by atoms with Crippen LogP contribution in [0.4, 0.5) is 0 Å². The van der Waals surface area contributed by atoms with Crippen LogP contribution in [0, 0.1) is 0 Å². The van der Waals surface area contributed by atoms with Gasteiger partial charge in [-0.15, -0.1) is 0 Å². The van der Waals surface area contributed by atoms with E-state index in [1.165, 1.54) is 14.0 Å². The van der Waals surface area contributed by atoms with Crippen molar-refractivity contribution >= 4 is 17.7 Å². The summed E-state index contributed by atoms with van der Waals surface area (Å²) in [6.45, 7) is 3.39. The molecule has 2 atom stereocenters. The van der Waals surface area contributed by atoms with Gasteiger partial charge in [-0.3, -0.25) is 14.4 Å². The number of hydrogen-bond donors (Lipinski definition) is 1. The molecule has 0 fully saturated rings. The number of rotatable bonds is 12. The molecule has 1 aliphatic rings. The van der Waals surface area contributed by atoms with Gasteiger partial charge in [0.15, 0.2) is 5.78 Å². The van der Waals surface area contributed by atoms with E-state index in [-0.39, 0.29) is 36.7 Å². The van der Waals surface area contributed by atoms with Crippen molar-refractivity contribution in [1.82, 2.24) is 0 Å². The lowest BCUT2D eigenvalue weighted by molar-refractivity contribution is -0.149. The smallest absolute Gasteiger partial charge is 0.305 e. The molecule has 1 rings (SSSR count). The number of carbonyl (C=O) groups excluding carboxylic acids is 3. The minimum absolute atomic E-state index is 0.0362. The average Bonchev–Trinajstić information content (AvgIpc) is 2.89. The van der Waals surface area contributed by atoms with Gasteiger partial charge in [-0.05, 0) is 50.5 Å². The summed E-state index contributed by atoms with van der Waals surface area (Å²) in [5, 5.41) is 10.2. The number of aliphatic hydroxyl groups excluding tert-OH is 1. The molecule has 152 valence electrons. The molecule has 0 radical (unpaired) electrons. The zero-order valence-electron chi connectivity index (χ0n) is 16.7. The van der Waals surface area contributed by atoms with Crippen LogP contribution < -0.4 is 0 Å². The number of ether oxygens (including phenoxy) is 2. The second-order valence-electron chi connectivity index (χ2n) is 6.82. The summed E-state index contributed by atoms with van der Waals surface area (Å²) in [7, 11) is 1.33. The summed E-state index contributed by atoms with van der Waals surface area (Å²) in [5.74, 6) is -0.654. The van der Waals surface area contributed by atoms with Crippen molar-refractivity contribution in [1.29, 1.82) is 0 Å². The van der Waals surface area contributed by atoms with Crippen LogP contribution in [0.1, 0.15) is 71.6 Å². The van der Waals surface area contributed by atoms with E-state index >= 15 is 0 Å². The van der Waals surface area contributed by atoms with E-state index in [1.54, 1.807) is 0 Å². The Labute approximate surface area is 161 Å². The van der Waals surface area contributed by atoms with Crippen molar-refractivity contribution in [2.45, 2.75) is 83.8 Å². The fraction of sp³-hybridized carbons (Fsp3) is 0.667. The first-order valence-corrected chi connectivity index (χ1v) is 9.71. The Morgan fingerprint density at radius 1 is 1.26 bits per heavy atom. The van der Waals surface area contributed by atoms with Gasteiger partial charge in [-0.25, -0.2) is 0 Å². The quantitative estimate of drug-likeness (QED) is 0.317. The maximum Gasteiger partial charge on any atom is 0.305 e. The molecular weight excluding hydrogens is 348 g/mol. The lowest BCUT2D eigenvalue weighted by Crippen LogP contribution is -2.18. The molecule has 0 aromatic carbocycles. The summed E-state index contributed by atoms with van der Waals surface area (Å²) < 4.78 is 9.89. The van der Waals surface area contributed by atoms with Gasteiger partial charge in [0.05, 0.1) is 13.2 Å². The van der Waals surface area contributed by atoms with Crippen molar-refractivity contribution in [3.05, 3.63) is 23.3 Å². The van der Waals surface area contributed by atoms with Crippen LogP contribution in [0.5, 0.6) is 0 Å². The molecule has 27 heavy (non-hydrogen) atoms. The van der Waals surface area contributed by atoms with Gasteiger partial charge in [-0.1, -0.05) is 19.1 Å². The molecule has 2 unspecified atom stereocenters. The molecule has 0 heterocycles. The fourth-order valence-corrected chi connectivity index (χ4v) is 3.30. The highest BCUT2D eigenvalue weighted by molar-refractivity contribution is 5.99. The zero-order valence-corrected chi connectivity index (χ0v) is 16.7. The molecular formula is C21H32O6. The van der Waals surface area contributed by atoms with Gasteiger partial charge in [0.1, 0.15) is 6.10 Å². The third-order valence-electron chi connectivity index (χ3n) is 4.68. The van der Waals surface area contributed by atoms with E-state index in [4.69, 9.17) is 4.74 Å². The maximum atomic E-state index is 12.1. The Kier molecular flexibility index (Phi) is 10.6. The number of esters is 2. The Bertz CT molecular complexity index is 575. The van der Waals surface area contributed by atoms with E-state index in [2.05, 4.69) is 4.74 Å². The van der Waals surface area contributed by atoms with Crippen LogP contribution in [0.15, 0.2) is 23.3 Å². The van der Waals surface area contributed by atoms with Crippen molar-refractivity contribution < 1.29 is 29.0 Å². The second-order valence-corrected chi connectivity index (χ2v) is 6.82. The molecule has 0 bridgehead atoms. The monoisotopic (exact) mass is 380 g/mol. The molecule has 0 amide bonds. The maximum absolute atomic E-state index is 12.1. The van der Waals surface area contributed by atoms with Crippen LogP contribution in [-0.2, 0) is 23.9 Å². The number of ketones is 1. The first kappa shape index (κ1) is 23.1. The number of allylic oxidation sites excluding steroid dienone is 3. The fourth-order valence-electron chi connectivity index (χ4n) is 3.30. The molecule has 6 nitrogen and oxygen atoms in total. The van der Waals surface area contributed by atoms with Gasteiger partial charge < -0.3 is 14.6 Å². The number of carbonyl (C=O) groups is 3. The van der Waals surface area contributed by atoms with Gasteiger partial charge >= 0.3 is 11.9 Å². The summed E-state index contributed by atoms with van der Waals surface area (Å²) >= 11 is 0. The molecule has 0 aromatic rings. The van der Waals surface area contributed by atoms with Crippen molar-refractivity contribution in [2.75, 3.05) is 7.11 Å². The van der Waals surface area contributed by atoms with Crippen molar-refractivity contribution in [2.24, 2.45) is 0 Å². The van der Waals surface area contributed by atoms with Gasteiger partial charge in [0.2, 0.25) is 0 Å². The second kappa shape index (κ2) is 12.4. The summed E-state index contributed by atoms with van der Waals surface area (Å²) in [6.07, 6.45) is 8.19. The van der Waals surface area contributed by atoms with Gasteiger partial charge in [0, 0.05) is 25.3 Å². The Balaban J connectivity index is 2.53. The Morgan fingerprint density at radius 2 is 2.00 bits per heavy atom. The van der Waals surface area contributed by atoms with Crippen LogP contribution in [-0.4, -0.2) is 42.1 Å². The molecule has 0 aliphatic heterocycles. The Hall–Kier alpha value is -1.95. The van der Waals surface area contributed by atoms with Crippen LogP contribution >= 0.6 is 0 Å². The number of hydrogen-bond acceptors (Lipinski definition) is 6. The normalized spacial score (nSPS) is 18.2. The van der Waals surface area contributed by atoms with E-state index < -0.39 is 6.10 Å². The highest BCUT2D eigenvalue weighted by Crippen LogP contribution is 2.30. The molecule has 0 aromatic heterocycles. The highest BCUT2D eigenvalue weighted by atomic mass is 16.5. The Morgan fingerprint density at radius 3 is 2.63 bits per heavy atom. The van der Waals surface area contributed by atoms with Crippen molar-refractivity contribution in [3.8, 4) is 0 Å². The van der Waals surface area contributed by atoms with Crippen molar-refractivity contribution in [3.63, 3.8) is 0 Å². The SMILES string of the molecule is CCC=CCC1=C(CCCCC(CCC(=O)OC)OC(C)=O)C(O)CC1=O. The average molecular weight is 380 g/mol. The highest BCUT2D eigenvalue weighted by Gasteiger charge is 2.29. The lowest BCUT2D eigenvalue weighted by Gasteiger charge is -2.17. The van der Waals surface area contributed by atoms with E-state index in [9.17, 15) is 19.5 Å². The summed E-state index contributed by atoms with van der Waals surface area (Å²) in [6, 6.07) is 0. The van der Waals surface area contributed by atoms with E-state index in [1.807, 2.05) is 19.1 Å². The number of aliphatic hydroxyl groups is 1. The summed E-state index contributed by atoms with van der Waals surface area (Å²) in [5.41, 5.74) is 1.59. The molecule has 0 saturated heterocycles. The zero-order chi connectivity index (χ0) is 20.2. The van der Waals surface area contributed by atoms with Gasteiger partial charge in [0.25, 0.3) is 0 Å². The molecule has 6 heteroatoms. The molecule has 0 spiro atoms. The lowest BCUT2D eigenvalue weighted by atomic mass is 9.98. The van der Waals surface area contributed by atoms with E-state index in [0.717, 1.165) is 30.4 Å². The van der Waals surface area contributed by atoms with Crippen LogP contribution in [0.3, 0.4) is 0 Å². The topological polar surface area (TPSA) is 89.9 Å². The van der Waals surface area contributed by atoms with Crippen LogP contribution in [0.25, 0.3) is 0 Å². The molecule has 1 N–H and O–H groups in total. The van der Waals surface area contributed by atoms with E-state index in [0.29, 0.717) is 25.7 Å². The third kappa shape index (κ3) is 8.52. The number of methoxy groups -OCH3 is 1. The summed E-state index contributed by atoms with van der Waals surface area (Å²) in [4.78, 5) is 34.6. The predicted octanol–water partition coefficient (Wildman–Crippen LogP) is 3.42. The first-order chi connectivity index (χ1) is 12.9. The molecule has 0 saturated carbocycles. The number of Topliss-reactive ketones (excluding diaryl/α,β-unsaturated/α-hetero) is 1.